The maximum atomic E-state index is 13.4. The van der Waals surface area contributed by atoms with Gasteiger partial charge in [0.25, 0.3) is 5.91 Å². The summed E-state index contributed by atoms with van der Waals surface area (Å²) in [5.41, 5.74) is 1.10. The fourth-order valence-corrected chi connectivity index (χ4v) is 1.92. The van der Waals surface area contributed by atoms with E-state index < -0.39 is 24.3 Å². The Balaban J connectivity index is 1.67. The monoisotopic (exact) mass is 331 g/mol. The lowest BCUT2D eigenvalue weighted by molar-refractivity contribution is -0.147. The fraction of sp³-hybridized carbons (Fsp3) is 0.222. The number of amides is 1. The van der Waals surface area contributed by atoms with E-state index in [4.69, 9.17) is 9.47 Å². The second-order valence-electron chi connectivity index (χ2n) is 5.10. The Morgan fingerprint density at radius 1 is 1.12 bits per heavy atom. The second-order valence-corrected chi connectivity index (χ2v) is 5.10. The van der Waals surface area contributed by atoms with Gasteiger partial charge in [0.2, 0.25) is 0 Å². The van der Waals surface area contributed by atoms with Gasteiger partial charge >= 0.3 is 5.97 Å². The number of benzene rings is 2. The van der Waals surface area contributed by atoms with E-state index >= 15 is 0 Å². The Labute approximate surface area is 139 Å². The average molecular weight is 331 g/mol. The average Bonchev–Trinajstić information content (AvgIpc) is 2.55. The van der Waals surface area contributed by atoms with E-state index in [1.54, 1.807) is 12.1 Å². The van der Waals surface area contributed by atoms with Crippen molar-refractivity contribution in [2.75, 3.05) is 18.5 Å². The molecule has 0 saturated heterocycles. The van der Waals surface area contributed by atoms with Crippen molar-refractivity contribution in [2.45, 2.75) is 13.3 Å². The first-order valence-corrected chi connectivity index (χ1v) is 7.44. The van der Waals surface area contributed by atoms with Gasteiger partial charge < -0.3 is 14.8 Å². The molecule has 0 radical (unpaired) electrons. The van der Waals surface area contributed by atoms with E-state index in [2.05, 4.69) is 5.32 Å². The zero-order chi connectivity index (χ0) is 17.4. The predicted octanol–water partition coefficient (Wildman–Crippen LogP) is 3.08. The molecule has 0 unspecified atom stereocenters. The van der Waals surface area contributed by atoms with Gasteiger partial charge in [0.05, 0.1) is 18.7 Å². The quantitative estimate of drug-likeness (QED) is 0.792. The van der Waals surface area contributed by atoms with Crippen LogP contribution in [-0.2, 0) is 14.3 Å². The van der Waals surface area contributed by atoms with E-state index in [1.807, 2.05) is 25.1 Å². The van der Waals surface area contributed by atoms with Gasteiger partial charge in [-0.05, 0) is 36.8 Å². The molecule has 0 aliphatic carbocycles. The Morgan fingerprint density at radius 2 is 1.92 bits per heavy atom. The lowest BCUT2D eigenvalue weighted by atomic mass is 10.2. The normalized spacial score (nSPS) is 10.1. The van der Waals surface area contributed by atoms with Crippen molar-refractivity contribution < 1.29 is 23.5 Å². The maximum absolute atomic E-state index is 13.4. The highest BCUT2D eigenvalue weighted by Gasteiger charge is 2.10. The summed E-state index contributed by atoms with van der Waals surface area (Å²) in [4.78, 5) is 23.2. The highest BCUT2D eigenvalue weighted by molar-refractivity contribution is 5.92. The molecule has 6 heteroatoms. The number of carbonyl (C=O) groups is 2. The lowest BCUT2D eigenvalue weighted by Crippen LogP contribution is -2.22. The van der Waals surface area contributed by atoms with Crippen molar-refractivity contribution in [2.24, 2.45) is 0 Å². The Kier molecular flexibility index (Phi) is 6.31. The van der Waals surface area contributed by atoms with Crippen LogP contribution in [0, 0.1) is 12.7 Å². The van der Waals surface area contributed by atoms with Crippen LogP contribution in [0.5, 0.6) is 5.75 Å². The Bertz CT molecular complexity index is 718. The van der Waals surface area contributed by atoms with E-state index in [1.165, 1.54) is 18.2 Å². The molecule has 5 nitrogen and oxygen atoms in total. The van der Waals surface area contributed by atoms with Crippen LogP contribution >= 0.6 is 0 Å². The first kappa shape index (κ1) is 17.5. The van der Waals surface area contributed by atoms with Gasteiger partial charge in [-0.15, -0.1) is 0 Å². The molecule has 126 valence electrons. The largest absolute Gasteiger partial charge is 0.493 e. The summed E-state index contributed by atoms with van der Waals surface area (Å²) in [7, 11) is 0. The number of rotatable bonds is 7. The standard InChI is InChI=1S/C18H18FNO4/c1-13-5-4-6-14(11-13)23-10-9-18(22)24-12-17(21)20-16-8-3-2-7-15(16)19/h2-8,11H,9-10,12H2,1H3,(H,20,21). The molecule has 2 rings (SSSR count). The number of carbonyl (C=O) groups excluding carboxylic acids is 2. The lowest BCUT2D eigenvalue weighted by Gasteiger charge is -2.08. The number of esters is 1. The van der Waals surface area contributed by atoms with Crippen LogP contribution in [0.15, 0.2) is 48.5 Å². The van der Waals surface area contributed by atoms with Crippen molar-refractivity contribution in [3.63, 3.8) is 0 Å². The van der Waals surface area contributed by atoms with Crippen LogP contribution in [0.4, 0.5) is 10.1 Å². The molecule has 0 aliphatic heterocycles. The minimum Gasteiger partial charge on any atom is -0.493 e. The third-order valence-corrected chi connectivity index (χ3v) is 3.08. The highest BCUT2D eigenvalue weighted by Crippen LogP contribution is 2.13. The van der Waals surface area contributed by atoms with Crippen molar-refractivity contribution in [3.8, 4) is 5.75 Å². The topological polar surface area (TPSA) is 64.6 Å². The zero-order valence-corrected chi connectivity index (χ0v) is 13.3. The second kappa shape index (κ2) is 8.67. The molecule has 24 heavy (non-hydrogen) atoms. The maximum Gasteiger partial charge on any atom is 0.309 e. The number of para-hydroxylation sites is 1. The number of ether oxygens (including phenoxy) is 2. The van der Waals surface area contributed by atoms with Gasteiger partial charge in [0, 0.05) is 0 Å². The molecule has 0 bridgehead atoms. The van der Waals surface area contributed by atoms with Crippen molar-refractivity contribution >= 4 is 17.6 Å². The molecular formula is C18H18FNO4. The molecule has 0 aliphatic rings. The molecule has 0 spiro atoms. The summed E-state index contributed by atoms with van der Waals surface area (Å²) < 4.78 is 23.6. The number of hydrogen-bond acceptors (Lipinski definition) is 4. The van der Waals surface area contributed by atoms with E-state index in [0.29, 0.717) is 5.75 Å². The molecule has 0 aromatic heterocycles. The first-order chi connectivity index (χ1) is 11.5. The molecule has 2 aromatic rings. The number of anilines is 1. The number of hydrogen-bond donors (Lipinski definition) is 1. The summed E-state index contributed by atoms with van der Waals surface area (Å²) in [5.74, 6) is -1.05. The van der Waals surface area contributed by atoms with Crippen LogP contribution in [0.3, 0.4) is 0 Å². The van der Waals surface area contributed by atoms with Crippen LogP contribution in [-0.4, -0.2) is 25.1 Å². The van der Waals surface area contributed by atoms with E-state index in [0.717, 1.165) is 5.56 Å². The number of aryl methyl sites for hydroxylation is 1. The summed E-state index contributed by atoms with van der Waals surface area (Å²) in [6.45, 7) is 1.62. The molecule has 0 atom stereocenters. The van der Waals surface area contributed by atoms with E-state index in [-0.39, 0.29) is 18.7 Å². The third kappa shape index (κ3) is 5.72. The van der Waals surface area contributed by atoms with Crippen LogP contribution < -0.4 is 10.1 Å². The summed E-state index contributed by atoms with van der Waals surface area (Å²) >= 11 is 0. The summed E-state index contributed by atoms with van der Waals surface area (Å²) in [6.07, 6.45) is 0.0148. The van der Waals surface area contributed by atoms with Gasteiger partial charge in [-0.3, -0.25) is 9.59 Å². The fourth-order valence-electron chi connectivity index (χ4n) is 1.92. The molecule has 1 N–H and O–H groups in total. The van der Waals surface area contributed by atoms with Crippen molar-refractivity contribution in [1.82, 2.24) is 0 Å². The zero-order valence-electron chi connectivity index (χ0n) is 13.3. The number of nitrogens with one attached hydrogen (secondary N) is 1. The molecule has 0 fully saturated rings. The minimum absolute atomic E-state index is 0.0148. The highest BCUT2D eigenvalue weighted by atomic mass is 19.1. The van der Waals surface area contributed by atoms with Crippen molar-refractivity contribution in [3.05, 3.63) is 59.9 Å². The van der Waals surface area contributed by atoms with Gasteiger partial charge in [-0.25, -0.2) is 4.39 Å². The third-order valence-electron chi connectivity index (χ3n) is 3.08. The molecule has 0 heterocycles. The molecule has 2 aromatic carbocycles. The SMILES string of the molecule is Cc1cccc(OCCC(=O)OCC(=O)Nc2ccccc2F)c1. The van der Waals surface area contributed by atoms with Gasteiger partial charge in [0.1, 0.15) is 11.6 Å². The molecular weight excluding hydrogens is 313 g/mol. The van der Waals surface area contributed by atoms with E-state index in [9.17, 15) is 14.0 Å². The Morgan fingerprint density at radius 3 is 2.67 bits per heavy atom. The van der Waals surface area contributed by atoms with Crippen LogP contribution in [0.1, 0.15) is 12.0 Å². The first-order valence-electron chi connectivity index (χ1n) is 7.44. The Hall–Kier alpha value is -2.89. The van der Waals surface area contributed by atoms with Gasteiger partial charge in [0.15, 0.2) is 6.61 Å². The summed E-state index contributed by atoms with van der Waals surface area (Å²) in [6, 6.07) is 13.2. The number of halogens is 1. The molecule has 1 amide bonds. The summed E-state index contributed by atoms with van der Waals surface area (Å²) in [5, 5.41) is 2.33. The van der Waals surface area contributed by atoms with Gasteiger partial charge in [-0.2, -0.15) is 0 Å². The predicted molar refractivity (Wildman–Crippen MR) is 87.3 cm³/mol. The smallest absolute Gasteiger partial charge is 0.309 e. The van der Waals surface area contributed by atoms with Crippen LogP contribution in [0.2, 0.25) is 0 Å². The van der Waals surface area contributed by atoms with Gasteiger partial charge in [-0.1, -0.05) is 24.3 Å². The molecule has 0 saturated carbocycles. The minimum atomic E-state index is -0.604. The van der Waals surface area contributed by atoms with Crippen molar-refractivity contribution in [1.29, 1.82) is 0 Å². The van der Waals surface area contributed by atoms with Crippen LogP contribution in [0.25, 0.3) is 0 Å².